The van der Waals surface area contributed by atoms with Crippen molar-refractivity contribution >= 4 is 16.8 Å². The molecule has 4 aromatic rings. The number of hydrogen-bond acceptors (Lipinski definition) is 3. The molecule has 146 valence electrons. The van der Waals surface area contributed by atoms with Crippen LogP contribution in [0.25, 0.3) is 10.9 Å². The number of fused-ring (bicyclic) bond motifs is 3. The first-order chi connectivity index (χ1) is 14.2. The number of hydrogen-bond donors (Lipinski definition) is 1. The van der Waals surface area contributed by atoms with E-state index in [2.05, 4.69) is 64.5 Å². The van der Waals surface area contributed by atoms with Crippen LogP contribution in [-0.4, -0.2) is 37.1 Å². The monoisotopic (exact) mass is 385 g/mol. The predicted molar refractivity (Wildman–Crippen MR) is 111 cm³/mol. The molecule has 0 fully saturated rings. The molecular weight excluding hydrogens is 362 g/mol. The number of nitrogens with zero attached hydrogens (tertiary/aromatic N) is 4. The molecule has 0 bridgehead atoms. The molecule has 1 amide bonds. The highest BCUT2D eigenvalue weighted by molar-refractivity contribution is 5.86. The summed E-state index contributed by atoms with van der Waals surface area (Å²) in [4.78, 5) is 22.8. The topological polar surface area (TPSA) is 66.8 Å². The largest absolute Gasteiger partial charge is 0.356 e. The fraction of sp³-hybridized carbons (Fsp3) is 0.261. The summed E-state index contributed by atoms with van der Waals surface area (Å²) in [7, 11) is 0. The fourth-order valence-corrected chi connectivity index (χ4v) is 4.34. The summed E-state index contributed by atoms with van der Waals surface area (Å²) in [5, 5.41) is 5.35. The molecule has 6 heteroatoms. The van der Waals surface area contributed by atoms with Crippen molar-refractivity contribution in [3.05, 3.63) is 83.6 Å². The van der Waals surface area contributed by atoms with Gasteiger partial charge in [0.05, 0.1) is 6.04 Å². The normalized spacial score (nSPS) is 16.2. The number of rotatable bonds is 4. The van der Waals surface area contributed by atoms with Crippen molar-refractivity contribution in [1.29, 1.82) is 0 Å². The molecule has 0 radical (unpaired) electrons. The first-order valence-corrected chi connectivity index (χ1v) is 10.0. The Bertz CT molecular complexity index is 1140. The molecule has 0 saturated heterocycles. The van der Waals surface area contributed by atoms with Crippen LogP contribution in [-0.2, 0) is 24.2 Å². The lowest BCUT2D eigenvalue weighted by atomic mass is 9.91. The Morgan fingerprint density at radius 2 is 2.00 bits per heavy atom. The van der Waals surface area contributed by atoms with Crippen molar-refractivity contribution in [2.75, 3.05) is 6.54 Å². The summed E-state index contributed by atoms with van der Waals surface area (Å²) in [5.41, 5.74) is 5.98. The molecule has 1 atom stereocenters. The standard InChI is InChI=1S/C23H23N5O/c1-2-16-7-9-17(10-8-16)23-22-19(18-5-3-4-6-20(18)26-22)11-12-28(23)21(29)13-27-15-24-14-25-27/h3-10,14-15,23,26H,2,11-13H2,1H3/t23-/m0/s1. The van der Waals surface area contributed by atoms with Gasteiger partial charge in [0.15, 0.2) is 0 Å². The van der Waals surface area contributed by atoms with Gasteiger partial charge in [0.25, 0.3) is 0 Å². The maximum absolute atomic E-state index is 13.2. The predicted octanol–water partition coefficient (Wildman–Crippen LogP) is 3.50. The van der Waals surface area contributed by atoms with Gasteiger partial charge in [-0.15, -0.1) is 0 Å². The highest BCUT2D eigenvalue weighted by Gasteiger charge is 2.34. The number of para-hydroxylation sites is 1. The van der Waals surface area contributed by atoms with Gasteiger partial charge < -0.3 is 9.88 Å². The summed E-state index contributed by atoms with van der Waals surface area (Å²) < 4.78 is 1.58. The average molecular weight is 385 g/mol. The summed E-state index contributed by atoms with van der Waals surface area (Å²) in [5.74, 6) is 0.0457. The number of carbonyl (C=O) groups excluding carboxylic acids is 1. The van der Waals surface area contributed by atoms with E-state index in [1.165, 1.54) is 22.8 Å². The molecule has 0 spiro atoms. The number of amides is 1. The zero-order chi connectivity index (χ0) is 19.8. The van der Waals surface area contributed by atoms with Crippen LogP contribution in [0.1, 0.15) is 35.3 Å². The maximum Gasteiger partial charge on any atom is 0.245 e. The zero-order valence-electron chi connectivity index (χ0n) is 16.4. The molecule has 29 heavy (non-hydrogen) atoms. The molecule has 0 aliphatic carbocycles. The van der Waals surface area contributed by atoms with Crippen LogP contribution in [0, 0.1) is 0 Å². The van der Waals surface area contributed by atoms with E-state index in [9.17, 15) is 4.79 Å². The summed E-state index contributed by atoms with van der Waals surface area (Å²) in [6, 6.07) is 16.9. The Labute approximate surface area is 169 Å². The molecule has 1 aliphatic heterocycles. The minimum Gasteiger partial charge on any atom is -0.356 e. The lowest BCUT2D eigenvalue weighted by molar-refractivity contribution is -0.134. The van der Waals surface area contributed by atoms with E-state index in [0.29, 0.717) is 6.54 Å². The Kier molecular flexibility index (Phi) is 4.39. The third kappa shape index (κ3) is 3.10. The molecule has 5 rings (SSSR count). The second-order valence-corrected chi connectivity index (χ2v) is 7.49. The maximum atomic E-state index is 13.2. The van der Waals surface area contributed by atoms with Crippen LogP contribution in [0.3, 0.4) is 0 Å². The van der Waals surface area contributed by atoms with Crippen LogP contribution in [0.2, 0.25) is 0 Å². The Hall–Kier alpha value is -3.41. The van der Waals surface area contributed by atoms with Crippen LogP contribution >= 0.6 is 0 Å². The quantitative estimate of drug-likeness (QED) is 0.585. The molecule has 3 heterocycles. The minimum atomic E-state index is -0.131. The van der Waals surface area contributed by atoms with Crippen LogP contribution < -0.4 is 0 Å². The van der Waals surface area contributed by atoms with E-state index in [1.807, 2.05) is 11.0 Å². The summed E-state index contributed by atoms with van der Waals surface area (Å²) in [6.07, 6.45) is 4.88. The Morgan fingerprint density at radius 3 is 2.76 bits per heavy atom. The second kappa shape index (κ2) is 7.20. The van der Waals surface area contributed by atoms with Gasteiger partial charge in [-0.1, -0.05) is 49.4 Å². The number of aromatic amines is 1. The summed E-state index contributed by atoms with van der Waals surface area (Å²) >= 11 is 0. The van der Waals surface area contributed by atoms with Gasteiger partial charge in [0.2, 0.25) is 5.91 Å². The molecule has 6 nitrogen and oxygen atoms in total. The van der Waals surface area contributed by atoms with E-state index in [4.69, 9.17) is 0 Å². The molecule has 1 aliphatic rings. The van der Waals surface area contributed by atoms with E-state index < -0.39 is 0 Å². The van der Waals surface area contributed by atoms with Crippen molar-refractivity contribution in [3.8, 4) is 0 Å². The van der Waals surface area contributed by atoms with E-state index >= 15 is 0 Å². The van der Waals surface area contributed by atoms with E-state index in [0.717, 1.165) is 29.6 Å². The third-order valence-corrected chi connectivity index (χ3v) is 5.82. The number of benzene rings is 2. The third-order valence-electron chi connectivity index (χ3n) is 5.82. The molecule has 1 N–H and O–H groups in total. The van der Waals surface area contributed by atoms with Crippen LogP contribution in [0.15, 0.2) is 61.2 Å². The number of aryl methyl sites for hydroxylation is 1. The van der Waals surface area contributed by atoms with Gasteiger partial charge in [0.1, 0.15) is 19.2 Å². The van der Waals surface area contributed by atoms with Crippen molar-refractivity contribution in [2.24, 2.45) is 0 Å². The fourth-order valence-electron chi connectivity index (χ4n) is 4.34. The van der Waals surface area contributed by atoms with Gasteiger partial charge >= 0.3 is 0 Å². The van der Waals surface area contributed by atoms with Crippen molar-refractivity contribution in [1.82, 2.24) is 24.6 Å². The smallest absolute Gasteiger partial charge is 0.245 e. The van der Waals surface area contributed by atoms with Gasteiger partial charge in [-0.3, -0.25) is 4.79 Å². The lowest BCUT2D eigenvalue weighted by Gasteiger charge is -2.36. The lowest BCUT2D eigenvalue weighted by Crippen LogP contribution is -2.42. The van der Waals surface area contributed by atoms with Crippen molar-refractivity contribution in [2.45, 2.75) is 32.4 Å². The highest BCUT2D eigenvalue weighted by atomic mass is 16.2. The Morgan fingerprint density at radius 1 is 1.17 bits per heavy atom. The number of H-pyrrole nitrogens is 1. The average Bonchev–Trinajstić information content (AvgIpc) is 3.40. The molecule has 2 aromatic carbocycles. The first-order valence-electron chi connectivity index (χ1n) is 10.0. The molecule has 0 saturated carbocycles. The number of carbonyl (C=O) groups is 1. The van der Waals surface area contributed by atoms with Crippen LogP contribution in [0.5, 0.6) is 0 Å². The van der Waals surface area contributed by atoms with Crippen LogP contribution in [0.4, 0.5) is 0 Å². The first kappa shape index (κ1) is 17.7. The highest BCUT2D eigenvalue weighted by Crippen LogP contribution is 2.38. The molecule has 2 aromatic heterocycles. The van der Waals surface area contributed by atoms with E-state index in [-0.39, 0.29) is 18.5 Å². The van der Waals surface area contributed by atoms with Gasteiger partial charge in [-0.2, -0.15) is 5.10 Å². The van der Waals surface area contributed by atoms with Gasteiger partial charge in [-0.25, -0.2) is 9.67 Å². The van der Waals surface area contributed by atoms with Crippen molar-refractivity contribution in [3.63, 3.8) is 0 Å². The molecular formula is C23H23N5O. The molecule has 0 unspecified atom stereocenters. The van der Waals surface area contributed by atoms with Crippen molar-refractivity contribution < 1.29 is 4.79 Å². The zero-order valence-corrected chi connectivity index (χ0v) is 16.4. The summed E-state index contributed by atoms with van der Waals surface area (Å²) in [6.45, 7) is 3.03. The second-order valence-electron chi connectivity index (χ2n) is 7.49. The number of aromatic nitrogens is 4. The van der Waals surface area contributed by atoms with Gasteiger partial charge in [0, 0.05) is 23.1 Å². The minimum absolute atomic E-state index is 0.0457. The number of nitrogens with one attached hydrogen (secondary N) is 1. The van der Waals surface area contributed by atoms with E-state index in [1.54, 1.807) is 11.0 Å². The Balaban J connectivity index is 1.59. The van der Waals surface area contributed by atoms with Gasteiger partial charge in [-0.05, 0) is 35.6 Å². The SMILES string of the molecule is CCc1ccc([C@H]2c3[nH]c4ccccc4c3CCN2C(=O)Cn2cncn2)cc1.